The summed E-state index contributed by atoms with van der Waals surface area (Å²) in [5, 5.41) is 12.1. The lowest BCUT2D eigenvalue weighted by molar-refractivity contribution is -0.216. The minimum Gasteiger partial charge on any atom is -0.351 e. The number of nitrogens with one attached hydrogen (secondary N) is 2. The summed E-state index contributed by atoms with van der Waals surface area (Å²) in [6.45, 7) is 8.50. The van der Waals surface area contributed by atoms with E-state index in [1.165, 1.54) is 64.2 Å². The molecule has 2 atom stereocenters. The molecule has 43 heavy (non-hydrogen) atoms. The van der Waals surface area contributed by atoms with E-state index in [1.807, 2.05) is 0 Å². The van der Waals surface area contributed by atoms with Gasteiger partial charge >= 0.3 is 0 Å². The van der Waals surface area contributed by atoms with Crippen LogP contribution in [0.15, 0.2) is 0 Å². The Kier molecular flexibility index (Phi) is 13.4. The molecule has 0 radical (unpaired) electrons. The highest BCUT2D eigenvalue weighted by atomic mass is 35.5. The Labute approximate surface area is 265 Å². The van der Waals surface area contributed by atoms with Gasteiger partial charge in [0.05, 0.1) is 12.2 Å². The van der Waals surface area contributed by atoms with Crippen LogP contribution in [0.4, 0.5) is 11.9 Å². The Balaban J connectivity index is 1.13. The summed E-state index contributed by atoms with van der Waals surface area (Å²) in [7, 11) is 0. The SMILES string of the molecule is CCCC(Nc1nc(Cl)nc(NC(CCC)C2CCN(OC3CCCCC3)CC2)n1)C1CCN(OC2CCCCC2)CC1. The molecule has 4 aliphatic rings. The zero-order valence-corrected chi connectivity index (χ0v) is 27.7. The maximum atomic E-state index is 6.48. The van der Waals surface area contributed by atoms with E-state index in [2.05, 4.69) is 44.6 Å². The Morgan fingerprint density at radius 1 is 0.628 bits per heavy atom. The highest BCUT2D eigenvalue weighted by Gasteiger charge is 2.31. The highest BCUT2D eigenvalue weighted by molar-refractivity contribution is 6.28. The molecule has 1 aromatic heterocycles. The van der Waals surface area contributed by atoms with Gasteiger partial charge in [-0.3, -0.25) is 9.68 Å². The first-order valence-electron chi connectivity index (χ1n) is 17.9. The van der Waals surface area contributed by atoms with Gasteiger partial charge < -0.3 is 10.6 Å². The molecule has 0 bridgehead atoms. The van der Waals surface area contributed by atoms with Crippen LogP contribution in [0.1, 0.15) is 129 Å². The van der Waals surface area contributed by atoms with Gasteiger partial charge in [-0.2, -0.15) is 25.1 Å². The lowest BCUT2D eigenvalue weighted by atomic mass is 9.87. The molecular weight excluding hydrogens is 562 g/mol. The van der Waals surface area contributed by atoms with Crippen LogP contribution in [0.2, 0.25) is 5.28 Å². The summed E-state index contributed by atoms with van der Waals surface area (Å²) >= 11 is 6.48. The lowest BCUT2D eigenvalue weighted by Crippen LogP contribution is -2.42. The molecule has 244 valence electrons. The van der Waals surface area contributed by atoms with Gasteiger partial charge in [-0.25, -0.2) is 0 Å². The van der Waals surface area contributed by atoms with E-state index in [9.17, 15) is 0 Å². The molecule has 1 aromatic rings. The predicted molar refractivity (Wildman–Crippen MR) is 174 cm³/mol. The molecule has 2 N–H and O–H groups in total. The standard InChI is InChI=1S/C33H58ClN7O2/c1-3-11-29(25-17-21-40(22-18-25)42-27-13-7-5-8-14-27)35-32-37-31(34)38-33(39-32)36-30(12-4-2)26-19-23-41(24-20-26)43-28-15-9-6-10-16-28/h25-30H,3-24H2,1-2H3,(H2,35,36,37,38,39). The van der Waals surface area contributed by atoms with Crippen molar-refractivity contribution in [1.29, 1.82) is 0 Å². The second-order valence-corrected chi connectivity index (χ2v) is 13.9. The van der Waals surface area contributed by atoms with Gasteiger partial charge in [0.1, 0.15) is 0 Å². The van der Waals surface area contributed by atoms with Crippen LogP contribution in [-0.2, 0) is 9.68 Å². The van der Waals surface area contributed by atoms with Crippen molar-refractivity contribution in [2.24, 2.45) is 11.8 Å². The second kappa shape index (κ2) is 17.4. The Hall–Kier alpha value is -1.26. The third kappa shape index (κ3) is 10.4. The van der Waals surface area contributed by atoms with E-state index in [0.29, 0.717) is 48.0 Å². The normalized spacial score (nSPS) is 24.2. The lowest BCUT2D eigenvalue weighted by Gasteiger charge is -2.38. The van der Waals surface area contributed by atoms with Gasteiger partial charge in [0, 0.05) is 38.3 Å². The average molecular weight is 620 g/mol. The zero-order chi connectivity index (χ0) is 29.9. The van der Waals surface area contributed by atoms with Gasteiger partial charge in [0.2, 0.25) is 17.2 Å². The molecule has 10 heteroatoms. The van der Waals surface area contributed by atoms with E-state index < -0.39 is 0 Å². The number of hydroxylamine groups is 4. The fourth-order valence-corrected chi connectivity index (χ4v) is 7.97. The monoisotopic (exact) mass is 619 g/mol. The molecule has 0 amide bonds. The van der Waals surface area contributed by atoms with Gasteiger partial charge in [-0.15, -0.1) is 0 Å². The Morgan fingerprint density at radius 3 is 1.40 bits per heavy atom. The zero-order valence-electron chi connectivity index (χ0n) is 27.0. The van der Waals surface area contributed by atoms with Crippen LogP contribution >= 0.6 is 11.6 Å². The van der Waals surface area contributed by atoms with Crippen LogP contribution in [0.3, 0.4) is 0 Å². The summed E-state index contributed by atoms with van der Waals surface area (Å²) in [5.74, 6) is 2.31. The second-order valence-electron chi connectivity index (χ2n) is 13.6. The summed E-state index contributed by atoms with van der Waals surface area (Å²) in [4.78, 5) is 26.6. The Morgan fingerprint density at radius 2 is 1.02 bits per heavy atom. The molecular formula is C33H58ClN7O2. The molecule has 4 fully saturated rings. The maximum Gasteiger partial charge on any atom is 0.229 e. The fraction of sp³-hybridized carbons (Fsp3) is 0.909. The summed E-state index contributed by atoms with van der Waals surface area (Å²) in [5.41, 5.74) is 0. The van der Waals surface area contributed by atoms with Crippen molar-refractivity contribution in [1.82, 2.24) is 25.1 Å². The predicted octanol–water partition coefficient (Wildman–Crippen LogP) is 7.64. The third-order valence-corrected chi connectivity index (χ3v) is 10.4. The van der Waals surface area contributed by atoms with Gasteiger partial charge in [-0.1, -0.05) is 65.2 Å². The molecule has 0 spiro atoms. The molecule has 2 saturated heterocycles. The summed E-state index contributed by atoms with van der Waals surface area (Å²) < 4.78 is 0. The number of halogens is 1. The van der Waals surface area contributed by atoms with Gasteiger partial charge in [-0.05, 0) is 87.6 Å². The molecule has 2 saturated carbocycles. The number of hydrogen-bond acceptors (Lipinski definition) is 9. The first-order valence-corrected chi connectivity index (χ1v) is 18.3. The summed E-state index contributed by atoms with van der Waals surface area (Å²) in [6.07, 6.45) is 22.5. The number of nitrogens with zero attached hydrogens (tertiary/aromatic N) is 5. The van der Waals surface area contributed by atoms with Crippen LogP contribution in [0, 0.1) is 11.8 Å². The van der Waals surface area contributed by atoms with Crippen LogP contribution < -0.4 is 10.6 Å². The van der Waals surface area contributed by atoms with E-state index in [4.69, 9.17) is 26.3 Å². The first-order chi connectivity index (χ1) is 21.1. The topological polar surface area (TPSA) is 87.7 Å². The minimum atomic E-state index is 0.247. The maximum absolute atomic E-state index is 6.48. The first kappa shape index (κ1) is 33.1. The van der Waals surface area contributed by atoms with Gasteiger partial charge in [0.25, 0.3) is 0 Å². The molecule has 3 heterocycles. The van der Waals surface area contributed by atoms with E-state index in [0.717, 1.165) is 77.5 Å². The van der Waals surface area contributed by atoms with E-state index >= 15 is 0 Å². The molecule has 2 unspecified atom stereocenters. The fourth-order valence-electron chi connectivity index (χ4n) is 7.81. The van der Waals surface area contributed by atoms with Crippen LogP contribution in [0.5, 0.6) is 0 Å². The van der Waals surface area contributed by atoms with Crippen molar-refractivity contribution in [2.75, 3.05) is 36.8 Å². The Bertz CT molecular complexity index is 860. The van der Waals surface area contributed by atoms with Crippen molar-refractivity contribution in [3.05, 3.63) is 5.28 Å². The van der Waals surface area contributed by atoms with Crippen molar-refractivity contribution in [3.63, 3.8) is 0 Å². The number of piperidine rings is 2. The number of hydrogen-bond donors (Lipinski definition) is 2. The highest BCUT2D eigenvalue weighted by Crippen LogP contribution is 2.30. The molecule has 2 aliphatic carbocycles. The largest absolute Gasteiger partial charge is 0.351 e. The van der Waals surface area contributed by atoms with Crippen molar-refractivity contribution >= 4 is 23.5 Å². The van der Waals surface area contributed by atoms with Crippen LogP contribution in [0.25, 0.3) is 0 Å². The average Bonchev–Trinajstić information content (AvgIpc) is 3.02. The van der Waals surface area contributed by atoms with Crippen molar-refractivity contribution in [2.45, 2.75) is 154 Å². The third-order valence-electron chi connectivity index (χ3n) is 10.3. The van der Waals surface area contributed by atoms with Gasteiger partial charge in [0.15, 0.2) is 0 Å². The van der Waals surface area contributed by atoms with Crippen molar-refractivity contribution in [3.8, 4) is 0 Å². The molecule has 5 rings (SSSR count). The summed E-state index contributed by atoms with van der Waals surface area (Å²) in [6, 6.07) is 0.626. The molecule has 0 aromatic carbocycles. The molecule has 9 nitrogen and oxygen atoms in total. The quantitative estimate of drug-likeness (QED) is 0.218. The van der Waals surface area contributed by atoms with Crippen LogP contribution in [-0.4, -0.2) is 75.5 Å². The van der Waals surface area contributed by atoms with Crippen molar-refractivity contribution < 1.29 is 9.68 Å². The minimum absolute atomic E-state index is 0.247. The van der Waals surface area contributed by atoms with E-state index in [1.54, 1.807) is 0 Å². The molecule has 2 aliphatic heterocycles. The number of anilines is 2. The van der Waals surface area contributed by atoms with E-state index in [-0.39, 0.29) is 5.28 Å². The smallest absolute Gasteiger partial charge is 0.229 e. The number of aromatic nitrogens is 3. The number of rotatable bonds is 14.